The lowest BCUT2D eigenvalue weighted by molar-refractivity contribution is 0.818. The minimum Gasteiger partial charge on any atom is -0.399 e. The Balaban J connectivity index is 1.92. The van der Waals surface area contributed by atoms with Crippen LogP contribution in [0.2, 0.25) is 5.02 Å². The number of halogens is 1. The van der Waals surface area contributed by atoms with Crippen molar-refractivity contribution in [2.45, 2.75) is 11.4 Å². The van der Waals surface area contributed by atoms with Crippen LogP contribution in [0.3, 0.4) is 0 Å². The first kappa shape index (κ1) is 12.7. The van der Waals surface area contributed by atoms with Gasteiger partial charge in [-0.05, 0) is 29.8 Å². The van der Waals surface area contributed by atoms with Gasteiger partial charge in [0.15, 0.2) is 0 Å². The minimum absolute atomic E-state index is 0.811. The molecule has 0 atom stereocenters. The monoisotopic (exact) mass is 290 g/mol. The van der Waals surface area contributed by atoms with E-state index in [1.807, 2.05) is 36.0 Å². The van der Waals surface area contributed by atoms with Gasteiger partial charge in [0.25, 0.3) is 0 Å². The second-order valence-corrected chi connectivity index (χ2v) is 6.13. The van der Waals surface area contributed by atoms with Crippen molar-refractivity contribution in [2.75, 3.05) is 22.9 Å². The molecular weight excluding hydrogens is 276 g/mol. The smallest absolute Gasteiger partial charge is 0.0528 e. The normalized spacial score (nSPS) is 14.3. The molecule has 98 valence electrons. The van der Waals surface area contributed by atoms with Crippen LogP contribution >= 0.6 is 23.4 Å². The summed E-state index contributed by atoms with van der Waals surface area (Å²) in [5.41, 5.74) is 9.09. The minimum atomic E-state index is 0.811. The number of nitrogens with two attached hydrogens (primary N) is 1. The van der Waals surface area contributed by atoms with Crippen molar-refractivity contribution in [3.05, 3.63) is 53.1 Å². The number of fused-ring (bicyclic) bond motifs is 1. The standard InChI is InChI=1S/C15H15ClN2S/c16-13-4-2-1-3-11(13)10-18-7-8-19-15-6-5-12(17)9-14(15)18/h1-6,9H,7-8,10,17H2. The third kappa shape index (κ3) is 2.67. The first-order valence-corrected chi connectivity index (χ1v) is 7.61. The maximum Gasteiger partial charge on any atom is 0.0528 e. The van der Waals surface area contributed by atoms with Gasteiger partial charge in [-0.15, -0.1) is 11.8 Å². The fraction of sp³-hybridized carbons (Fsp3) is 0.200. The molecule has 1 aliphatic rings. The zero-order valence-electron chi connectivity index (χ0n) is 10.5. The largest absolute Gasteiger partial charge is 0.399 e. The van der Waals surface area contributed by atoms with Crippen LogP contribution in [0.15, 0.2) is 47.4 Å². The number of nitrogen functional groups attached to an aromatic ring is 1. The molecule has 2 aromatic rings. The Labute approximate surface area is 122 Å². The SMILES string of the molecule is Nc1ccc2c(c1)N(Cc1ccccc1Cl)CCS2. The number of hydrogen-bond acceptors (Lipinski definition) is 3. The van der Waals surface area contributed by atoms with Crippen LogP contribution in [0.25, 0.3) is 0 Å². The molecule has 0 fully saturated rings. The van der Waals surface area contributed by atoms with Crippen molar-refractivity contribution in [3.63, 3.8) is 0 Å². The van der Waals surface area contributed by atoms with Crippen molar-refractivity contribution in [1.29, 1.82) is 0 Å². The average molecular weight is 291 g/mol. The molecule has 0 aromatic heterocycles. The predicted octanol–water partition coefficient (Wildman–Crippen LogP) is 4.03. The molecule has 0 saturated carbocycles. The Morgan fingerprint density at radius 1 is 1.21 bits per heavy atom. The van der Waals surface area contributed by atoms with Gasteiger partial charge in [-0.2, -0.15) is 0 Å². The van der Waals surface area contributed by atoms with E-state index in [0.29, 0.717) is 0 Å². The highest BCUT2D eigenvalue weighted by molar-refractivity contribution is 7.99. The number of hydrogen-bond donors (Lipinski definition) is 1. The van der Waals surface area contributed by atoms with Crippen LogP contribution in [0.4, 0.5) is 11.4 Å². The van der Waals surface area contributed by atoms with E-state index in [9.17, 15) is 0 Å². The van der Waals surface area contributed by atoms with Crippen molar-refractivity contribution in [3.8, 4) is 0 Å². The first-order valence-electron chi connectivity index (χ1n) is 6.25. The van der Waals surface area contributed by atoms with Crippen LogP contribution in [-0.2, 0) is 6.54 Å². The summed E-state index contributed by atoms with van der Waals surface area (Å²) < 4.78 is 0. The molecule has 0 spiro atoms. The van der Waals surface area contributed by atoms with Crippen molar-refractivity contribution < 1.29 is 0 Å². The summed E-state index contributed by atoms with van der Waals surface area (Å²) in [6.45, 7) is 1.85. The summed E-state index contributed by atoms with van der Waals surface area (Å²) in [5, 5.41) is 0.825. The molecule has 19 heavy (non-hydrogen) atoms. The van der Waals surface area contributed by atoms with E-state index in [1.54, 1.807) is 0 Å². The Morgan fingerprint density at radius 2 is 2.05 bits per heavy atom. The third-order valence-electron chi connectivity index (χ3n) is 3.26. The average Bonchev–Trinajstić information content (AvgIpc) is 2.42. The summed E-state index contributed by atoms with van der Waals surface area (Å²) >= 11 is 8.13. The molecule has 4 heteroatoms. The first-order chi connectivity index (χ1) is 9.24. The van der Waals surface area contributed by atoms with E-state index in [4.69, 9.17) is 17.3 Å². The number of nitrogens with zero attached hydrogens (tertiary/aromatic N) is 1. The molecule has 0 bridgehead atoms. The summed E-state index contributed by atoms with van der Waals surface area (Å²) in [7, 11) is 0. The Morgan fingerprint density at radius 3 is 2.89 bits per heavy atom. The van der Waals surface area contributed by atoms with Crippen molar-refractivity contribution in [2.24, 2.45) is 0 Å². The Hall–Kier alpha value is -1.32. The number of rotatable bonds is 2. The van der Waals surface area contributed by atoms with Crippen LogP contribution in [-0.4, -0.2) is 12.3 Å². The van der Waals surface area contributed by atoms with Gasteiger partial charge in [0, 0.05) is 34.4 Å². The highest BCUT2D eigenvalue weighted by atomic mass is 35.5. The number of anilines is 2. The molecule has 1 aliphatic heterocycles. The zero-order chi connectivity index (χ0) is 13.2. The van der Waals surface area contributed by atoms with E-state index in [-0.39, 0.29) is 0 Å². The van der Waals surface area contributed by atoms with Crippen LogP contribution < -0.4 is 10.6 Å². The summed E-state index contributed by atoms with van der Waals surface area (Å²) in [6, 6.07) is 14.1. The molecule has 1 heterocycles. The zero-order valence-corrected chi connectivity index (χ0v) is 12.0. The topological polar surface area (TPSA) is 29.3 Å². The van der Waals surface area contributed by atoms with Gasteiger partial charge in [0.2, 0.25) is 0 Å². The van der Waals surface area contributed by atoms with Gasteiger partial charge < -0.3 is 10.6 Å². The molecule has 0 aliphatic carbocycles. The molecule has 0 radical (unpaired) electrons. The van der Waals surface area contributed by atoms with Gasteiger partial charge >= 0.3 is 0 Å². The van der Waals surface area contributed by atoms with E-state index in [2.05, 4.69) is 23.1 Å². The lowest BCUT2D eigenvalue weighted by atomic mass is 10.2. The molecule has 0 amide bonds. The second-order valence-electron chi connectivity index (χ2n) is 4.59. The van der Waals surface area contributed by atoms with Crippen molar-refractivity contribution >= 4 is 34.7 Å². The lowest BCUT2D eigenvalue weighted by Crippen LogP contribution is -2.28. The molecule has 0 saturated heterocycles. The maximum absolute atomic E-state index is 6.25. The Bertz CT molecular complexity index is 600. The molecule has 2 nitrogen and oxygen atoms in total. The maximum atomic E-state index is 6.25. The molecule has 2 aromatic carbocycles. The lowest BCUT2D eigenvalue weighted by Gasteiger charge is -2.31. The highest BCUT2D eigenvalue weighted by Gasteiger charge is 2.18. The molecule has 3 rings (SSSR count). The van der Waals surface area contributed by atoms with Gasteiger partial charge in [-0.1, -0.05) is 29.8 Å². The van der Waals surface area contributed by atoms with E-state index < -0.39 is 0 Å². The van der Waals surface area contributed by atoms with E-state index in [0.717, 1.165) is 35.1 Å². The molecule has 0 unspecified atom stereocenters. The van der Waals surface area contributed by atoms with Crippen LogP contribution in [0.1, 0.15) is 5.56 Å². The van der Waals surface area contributed by atoms with E-state index in [1.165, 1.54) is 10.6 Å². The van der Waals surface area contributed by atoms with Gasteiger partial charge in [-0.3, -0.25) is 0 Å². The number of benzene rings is 2. The fourth-order valence-electron chi connectivity index (χ4n) is 2.29. The second kappa shape index (κ2) is 5.35. The fourth-order valence-corrected chi connectivity index (χ4v) is 3.51. The summed E-state index contributed by atoms with van der Waals surface area (Å²) in [4.78, 5) is 3.65. The quantitative estimate of drug-likeness (QED) is 0.847. The van der Waals surface area contributed by atoms with Gasteiger partial charge in [0.05, 0.1) is 5.69 Å². The van der Waals surface area contributed by atoms with Crippen LogP contribution in [0.5, 0.6) is 0 Å². The molecule has 2 N–H and O–H groups in total. The number of thioether (sulfide) groups is 1. The predicted molar refractivity (Wildman–Crippen MR) is 84.1 cm³/mol. The van der Waals surface area contributed by atoms with Gasteiger partial charge in [-0.25, -0.2) is 0 Å². The van der Waals surface area contributed by atoms with Crippen molar-refractivity contribution in [1.82, 2.24) is 0 Å². The van der Waals surface area contributed by atoms with Crippen LogP contribution in [0, 0.1) is 0 Å². The summed E-state index contributed by atoms with van der Waals surface area (Å²) in [5.74, 6) is 1.10. The third-order valence-corrected chi connectivity index (χ3v) is 4.67. The van der Waals surface area contributed by atoms with Gasteiger partial charge in [0.1, 0.15) is 0 Å². The summed E-state index contributed by atoms with van der Waals surface area (Å²) in [6.07, 6.45) is 0. The Kier molecular flexibility index (Phi) is 3.58. The molecular formula is C15H15ClN2S. The van der Waals surface area contributed by atoms with E-state index >= 15 is 0 Å². The highest BCUT2D eigenvalue weighted by Crippen LogP contribution is 2.37.